The van der Waals surface area contributed by atoms with Crippen LogP contribution in [0.4, 0.5) is 5.82 Å². The zero-order valence-electron chi connectivity index (χ0n) is 9.84. The maximum atomic E-state index is 6.07. The molecule has 2 saturated heterocycles. The zero-order valence-corrected chi connectivity index (χ0v) is 10.6. The average Bonchev–Trinajstić information content (AvgIpc) is 2.36. The molecule has 4 nitrogen and oxygen atoms in total. The molecule has 5 heteroatoms. The lowest BCUT2D eigenvalue weighted by Crippen LogP contribution is -2.59. The Labute approximate surface area is 106 Å². The van der Waals surface area contributed by atoms with Crippen LogP contribution in [0.15, 0.2) is 12.4 Å². The van der Waals surface area contributed by atoms with E-state index in [1.54, 1.807) is 12.4 Å². The second kappa shape index (κ2) is 4.42. The molecule has 0 amide bonds. The summed E-state index contributed by atoms with van der Waals surface area (Å²) in [7, 11) is 0. The van der Waals surface area contributed by atoms with Crippen molar-refractivity contribution in [3.63, 3.8) is 0 Å². The molecule has 0 spiro atoms. The standard InChI is InChI=1S/C12H16ClN3O/c1-2-17-10-8-5-9(10)7-16(6-8)12-11(13)14-3-4-15-12/h3-4,8-10H,2,5-7H2,1H3. The van der Waals surface area contributed by atoms with E-state index in [1.165, 1.54) is 6.42 Å². The molecule has 2 unspecified atom stereocenters. The van der Waals surface area contributed by atoms with Crippen LogP contribution in [0, 0.1) is 11.8 Å². The molecular formula is C12H16ClN3O. The molecule has 0 N–H and O–H groups in total. The van der Waals surface area contributed by atoms with E-state index in [9.17, 15) is 0 Å². The van der Waals surface area contributed by atoms with Crippen molar-refractivity contribution in [2.75, 3.05) is 24.6 Å². The molecule has 0 aromatic carbocycles. The Hall–Kier alpha value is -0.870. The lowest BCUT2D eigenvalue weighted by molar-refractivity contribution is -0.0997. The number of anilines is 1. The second-order valence-electron chi connectivity index (χ2n) is 4.75. The van der Waals surface area contributed by atoms with Gasteiger partial charge in [-0.1, -0.05) is 11.6 Å². The fourth-order valence-electron chi connectivity index (χ4n) is 3.01. The van der Waals surface area contributed by atoms with Gasteiger partial charge >= 0.3 is 0 Å². The summed E-state index contributed by atoms with van der Waals surface area (Å²) < 4.78 is 5.76. The fraction of sp³-hybridized carbons (Fsp3) is 0.667. The van der Waals surface area contributed by atoms with Crippen molar-refractivity contribution in [2.45, 2.75) is 19.4 Å². The minimum atomic E-state index is 0.451. The molecule has 1 aromatic rings. The van der Waals surface area contributed by atoms with Gasteiger partial charge in [0.15, 0.2) is 11.0 Å². The molecule has 3 fully saturated rings. The van der Waals surface area contributed by atoms with Crippen molar-refractivity contribution >= 4 is 17.4 Å². The van der Waals surface area contributed by atoms with Crippen LogP contribution < -0.4 is 4.90 Å². The molecule has 2 aliphatic heterocycles. The fourth-order valence-corrected chi connectivity index (χ4v) is 3.23. The largest absolute Gasteiger partial charge is 0.378 e. The Balaban J connectivity index is 1.72. The third kappa shape index (κ3) is 1.89. The highest BCUT2D eigenvalue weighted by molar-refractivity contribution is 6.31. The predicted octanol–water partition coefficient (Wildman–Crippen LogP) is 1.99. The molecule has 17 heavy (non-hydrogen) atoms. The predicted molar refractivity (Wildman–Crippen MR) is 66.3 cm³/mol. The van der Waals surface area contributed by atoms with Crippen LogP contribution in [0.2, 0.25) is 5.15 Å². The minimum absolute atomic E-state index is 0.451. The van der Waals surface area contributed by atoms with Gasteiger partial charge in [0.05, 0.1) is 6.10 Å². The molecule has 3 heterocycles. The Morgan fingerprint density at radius 3 is 2.71 bits per heavy atom. The van der Waals surface area contributed by atoms with Crippen LogP contribution >= 0.6 is 11.6 Å². The van der Waals surface area contributed by atoms with Crippen LogP contribution in [0.25, 0.3) is 0 Å². The van der Waals surface area contributed by atoms with Gasteiger partial charge in [0.2, 0.25) is 0 Å². The Kier molecular flexibility index (Phi) is 2.92. The van der Waals surface area contributed by atoms with E-state index in [2.05, 4.69) is 21.8 Å². The lowest BCUT2D eigenvalue weighted by atomic mass is 9.68. The Morgan fingerprint density at radius 2 is 2.06 bits per heavy atom. The van der Waals surface area contributed by atoms with E-state index in [4.69, 9.17) is 16.3 Å². The maximum absolute atomic E-state index is 6.07. The molecule has 3 aliphatic rings. The molecule has 92 valence electrons. The van der Waals surface area contributed by atoms with Crippen molar-refractivity contribution in [3.05, 3.63) is 17.5 Å². The van der Waals surface area contributed by atoms with Crippen LogP contribution in [-0.4, -0.2) is 35.8 Å². The number of fused-ring (bicyclic) bond motifs is 2. The summed E-state index contributed by atoms with van der Waals surface area (Å²) in [6.07, 6.45) is 5.05. The first-order chi connectivity index (χ1) is 8.29. The van der Waals surface area contributed by atoms with Gasteiger partial charge in [0, 0.05) is 43.9 Å². The lowest BCUT2D eigenvalue weighted by Gasteiger charge is -2.53. The number of hydrogen-bond acceptors (Lipinski definition) is 4. The first kappa shape index (κ1) is 11.2. The van der Waals surface area contributed by atoms with Gasteiger partial charge in [-0.15, -0.1) is 0 Å². The van der Waals surface area contributed by atoms with Gasteiger partial charge in [-0.3, -0.25) is 0 Å². The molecule has 1 aliphatic carbocycles. The molecule has 1 saturated carbocycles. The van der Waals surface area contributed by atoms with Crippen LogP contribution in [0.3, 0.4) is 0 Å². The van der Waals surface area contributed by atoms with Gasteiger partial charge < -0.3 is 9.64 Å². The number of piperidine rings is 2. The van der Waals surface area contributed by atoms with Gasteiger partial charge in [-0.2, -0.15) is 0 Å². The number of hydrogen-bond donors (Lipinski definition) is 0. The topological polar surface area (TPSA) is 38.2 Å². The Morgan fingerprint density at radius 1 is 1.35 bits per heavy atom. The molecule has 1 aromatic heterocycles. The van der Waals surface area contributed by atoms with E-state index >= 15 is 0 Å². The summed E-state index contributed by atoms with van der Waals surface area (Å²) in [4.78, 5) is 10.6. The van der Waals surface area contributed by atoms with Gasteiger partial charge in [-0.05, 0) is 13.3 Å². The van der Waals surface area contributed by atoms with E-state index in [0.717, 1.165) is 25.5 Å². The third-order valence-electron chi connectivity index (χ3n) is 3.74. The summed E-state index contributed by atoms with van der Waals surface area (Å²) >= 11 is 6.07. The van der Waals surface area contributed by atoms with E-state index in [0.29, 0.717) is 23.1 Å². The van der Waals surface area contributed by atoms with Crippen molar-refractivity contribution in [3.8, 4) is 0 Å². The van der Waals surface area contributed by atoms with Crippen LogP contribution in [0.1, 0.15) is 13.3 Å². The highest BCUT2D eigenvalue weighted by atomic mass is 35.5. The summed E-state index contributed by atoms with van der Waals surface area (Å²) in [5.41, 5.74) is 0. The van der Waals surface area contributed by atoms with E-state index < -0.39 is 0 Å². The number of nitrogens with zero attached hydrogens (tertiary/aromatic N) is 3. The molecular weight excluding hydrogens is 238 g/mol. The number of aromatic nitrogens is 2. The number of ether oxygens (including phenoxy) is 1. The summed E-state index contributed by atoms with van der Waals surface area (Å²) in [6, 6.07) is 0. The monoisotopic (exact) mass is 253 g/mol. The summed E-state index contributed by atoms with van der Waals surface area (Å²) in [5.74, 6) is 2.08. The normalized spacial score (nSPS) is 31.2. The van der Waals surface area contributed by atoms with Crippen molar-refractivity contribution in [1.82, 2.24) is 9.97 Å². The second-order valence-corrected chi connectivity index (χ2v) is 5.11. The molecule has 4 rings (SSSR count). The number of rotatable bonds is 3. The SMILES string of the molecule is CCOC1C2CC1CN(c1nccnc1Cl)C2. The number of halogens is 1. The van der Waals surface area contributed by atoms with E-state index in [-0.39, 0.29) is 0 Å². The molecule has 2 bridgehead atoms. The maximum Gasteiger partial charge on any atom is 0.171 e. The summed E-state index contributed by atoms with van der Waals surface area (Å²) in [5, 5.41) is 0.502. The highest BCUT2D eigenvalue weighted by Crippen LogP contribution is 2.43. The first-order valence-corrected chi connectivity index (χ1v) is 6.50. The zero-order chi connectivity index (χ0) is 11.8. The molecule has 0 radical (unpaired) electrons. The van der Waals surface area contributed by atoms with Crippen molar-refractivity contribution < 1.29 is 4.74 Å². The van der Waals surface area contributed by atoms with Gasteiger partial charge in [0.1, 0.15) is 0 Å². The molecule has 2 atom stereocenters. The van der Waals surface area contributed by atoms with Gasteiger partial charge in [-0.25, -0.2) is 9.97 Å². The van der Waals surface area contributed by atoms with E-state index in [1.807, 2.05) is 0 Å². The van der Waals surface area contributed by atoms with Crippen LogP contribution in [0.5, 0.6) is 0 Å². The third-order valence-corrected chi connectivity index (χ3v) is 4.01. The van der Waals surface area contributed by atoms with Crippen LogP contribution in [-0.2, 0) is 4.74 Å². The van der Waals surface area contributed by atoms with Gasteiger partial charge in [0.25, 0.3) is 0 Å². The average molecular weight is 254 g/mol. The van der Waals surface area contributed by atoms with Crippen molar-refractivity contribution in [1.29, 1.82) is 0 Å². The Bertz CT molecular complexity index is 402. The van der Waals surface area contributed by atoms with Crippen molar-refractivity contribution in [2.24, 2.45) is 11.8 Å². The smallest absolute Gasteiger partial charge is 0.171 e. The first-order valence-electron chi connectivity index (χ1n) is 6.12. The quantitative estimate of drug-likeness (QED) is 0.826. The highest BCUT2D eigenvalue weighted by Gasteiger charge is 2.47. The summed E-state index contributed by atoms with van der Waals surface area (Å²) in [6.45, 7) is 4.84. The minimum Gasteiger partial charge on any atom is -0.378 e.